The first-order chi connectivity index (χ1) is 6.24. The number of hydrogen-bond donors (Lipinski definition) is 1. The molecular weight excluding hydrogens is 164 g/mol. The predicted molar refractivity (Wildman–Crippen MR) is 53.7 cm³/mol. The van der Waals surface area contributed by atoms with Crippen molar-refractivity contribution in [1.82, 2.24) is 15.3 Å². The molecular formula is C9H16N4. The minimum atomic E-state index is 0.789. The quantitative estimate of drug-likeness (QED) is 0.738. The maximum absolute atomic E-state index is 4.27. The number of nitrogens with zero attached hydrogens (tertiary/aromatic N) is 3. The molecule has 1 heterocycles. The summed E-state index contributed by atoms with van der Waals surface area (Å²) in [6.07, 6.45) is 3.59. The van der Waals surface area contributed by atoms with Crippen LogP contribution in [0.15, 0.2) is 12.4 Å². The van der Waals surface area contributed by atoms with Gasteiger partial charge >= 0.3 is 0 Å². The Kier molecular flexibility index (Phi) is 3.64. The van der Waals surface area contributed by atoms with Gasteiger partial charge in [0.05, 0.1) is 18.1 Å². The monoisotopic (exact) mass is 180 g/mol. The van der Waals surface area contributed by atoms with Crippen LogP contribution < -0.4 is 10.2 Å². The van der Waals surface area contributed by atoms with E-state index < -0.39 is 0 Å². The Hall–Kier alpha value is -1.16. The van der Waals surface area contributed by atoms with Crippen molar-refractivity contribution in [2.24, 2.45) is 0 Å². The van der Waals surface area contributed by atoms with Crippen molar-refractivity contribution in [3.63, 3.8) is 0 Å². The Bertz CT molecular complexity index is 242. The number of rotatable bonds is 4. The summed E-state index contributed by atoms with van der Waals surface area (Å²) in [5.74, 6) is 0.889. The fraction of sp³-hybridized carbons (Fsp3) is 0.556. The van der Waals surface area contributed by atoms with Crippen LogP contribution in [0.2, 0.25) is 0 Å². The Balaban J connectivity index is 2.59. The van der Waals surface area contributed by atoms with Gasteiger partial charge < -0.3 is 10.2 Å². The van der Waals surface area contributed by atoms with Crippen LogP contribution in [0.25, 0.3) is 0 Å². The molecule has 0 amide bonds. The molecule has 0 atom stereocenters. The summed E-state index contributed by atoms with van der Waals surface area (Å²) in [5, 5.41) is 3.20. The summed E-state index contributed by atoms with van der Waals surface area (Å²) in [7, 11) is 3.90. The number of anilines is 1. The predicted octanol–water partition coefficient (Wildman–Crippen LogP) is 0.652. The van der Waals surface area contributed by atoms with Gasteiger partial charge in [-0.2, -0.15) is 0 Å². The summed E-state index contributed by atoms with van der Waals surface area (Å²) >= 11 is 0. The van der Waals surface area contributed by atoms with Crippen molar-refractivity contribution in [1.29, 1.82) is 0 Å². The fourth-order valence-corrected chi connectivity index (χ4v) is 0.923. The zero-order chi connectivity index (χ0) is 9.68. The van der Waals surface area contributed by atoms with Gasteiger partial charge in [0.2, 0.25) is 0 Å². The molecule has 1 aromatic rings. The molecule has 4 heteroatoms. The molecule has 0 aromatic carbocycles. The van der Waals surface area contributed by atoms with E-state index >= 15 is 0 Å². The molecule has 1 aromatic heterocycles. The normalized spacial score (nSPS) is 10.1. The molecule has 4 nitrogen and oxygen atoms in total. The van der Waals surface area contributed by atoms with Crippen molar-refractivity contribution < 1.29 is 0 Å². The second-order valence-electron chi connectivity index (χ2n) is 3.04. The Morgan fingerprint density at radius 2 is 2.08 bits per heavy atom. The molecule has 72 valence electrons. The lowest BCUT2D eigenvalue weighted by atomic mass is 10.4. The highest BCUT2D eigenvalue weighted by Crippen LogP contribution is 2.03. The summed E-state index contributed by atoms with van der Waals surface area (Å²) < 4.78 is 0. The minimum Gasteiger partial charge on any atom is -0.361 e. The third-order valence-electron chi connectivity index (χ3n) is 1.71. The van der Waals surface area contributed by atoms with E-state index in [-0.39, 0.29) is 0 Å². The van der Waals surface area contributed by atoms with Gasteiger partial charge in [0.25, 0.3) is 0 Å². The van der Waals surface area contributed by atoms with E-state index in [2.05, 4.69) is 22.2 Å². The maximum Gasteiger partial charge on any atom is 0.146 e. The van der Waals surface area contributed by atoms with Gasteiger partial charge in [-0.15, -0.1) is 0 Å². The fourth-order valence-electron chi connectivity index (χ4n) is 0.923. The average Bonchev–Trinajstić information content (AvgIpc) is 2.15. The van der Waals surface area contributed by atoms with Crippen LogP contribution in [0.4, 0.5) is 5.82 Å². The van der Waals surface area contributed by atoms with E-state index in [1.165, 1.54) is 0 Å². The van der Waals surface area contributed by atoms with Crippen LogP contribution in [-0.4, -0.2) is 30.6 Å². The molecule has 0 spiro atoms. The van der Waals surface area contributed by atoms with Crippen LogP contribution in [0, 0.1) is 0 Å². The highest BCUT2D eigenvalue weighted by atomic mass is 15.1. The van der Waals surface area contributed by atoms with Crippen LogP contribution in [0.5, 0.6) is 0 Å². The van der Waals surface area contributed by atoms with Gasteiger partial charge in [-0.05, 0) is 6.54 Å². The minimum absolute atomic E-state index is 0.789. The molecule has 0 aliphatic rings. The second kappa shape index (κ2) is 4.77. The van der Waals surface area contributed by atoms with E-state index in [0.717, 1.165) is 24.6 Å². The zero-order valence-corrected chi connectivity index (χ0v) is 8.41. The Morgan fingerprint density at radius 1 is 1.31 bits per heavy atom. The van der Waals surface area contributed by atoms with Crippen molar-refractivity contribution in [2.75, 3.05) is 25.5 Å². The molecule has 1 rings (SSSR count). The average molecular weight is 180 g/mol. The summed E-state index contributed by atoms with van der Waals surface area (Å²) in [6.45, 7) is 3.82. The number of nitrogens with one attached hydrogen (secondary N) is 1. The van der Waals surface area contributed by atoms with Gasteiger partial charge in [-0.3, -0.25) is 4.98 Å². The molecule has 1 N–H and O–H groups in total. The standard InChI is InChI=1S/C9H16N4/c1-4-10-5-8-6-12-9(7-11-8)13(2)3/h6-7,10H,4-5H2,1-3H3. The molecule has 0 saturated carbocycles. The van der Waals surface area contributed by atoms with Gasteiger partial charge in [0.1, 0.15) is 5.82 Å². The van der Waals surface area contributed by atoms with E-state index in [0.29, 0.717) is 0 Å². The lowest BCUT2D eigenvalue weighted by molar-refractivity contribution is 0.707. The molecule has 0 saturated heterocycles. The third-order valence-corrected chi connectivity index (χ3v) is 1.71. The lowest BCUT2D eigenvalue weighted by Gasteiger charge is -2.10. The van der Waals surface area contributed by atoms with Crippen LogP contribution in [-0.2, 0) is 6.54 Å². The Morgan fingerprint density at radius 3 is 2.54 bits per heavy atom. The highest BCUT2D eigenvalue weighted by molar-refractivity contribution is 5.32. The first-order valence-electron chi connectivity index (χ1n) is 4.43. The first-order valence-corrected chi connectivity index (χ1v) is 4.43. The highest BCUT2D eigenvalue weighted by Gasteiger charge is 1.97. The van der Waals surface area contributed by atoms with Gasteiger partial charge in [-0.25, -0.2) is 4.98 Å². The van der Waals surface area contributed by atoms with Crippen LogP contribution >= 0.6 is 0 Å². The van der Waals surface area contributed by atoms with E-state index in [4.69, 9.17) is 0 Å². The van der Waals surface area contributed by atoms with Crippen molar-refractivity contribution in [3.05, 3.63) is 18.1 Å². The smallest absolute Gasteiger partial charge is 0.146 e. The van der Waals surface area contributed by atoms with Crippen molar-refractivity contribution >= 4 is 5.82 Å². The summed E-state index contributed by atoms with van der Waals surface area (Å²) in [6, 6.07) is 0. The Labute approximate surface area is 79.0 Å². The number of aromatic nitrogens is 2. The van der Waals surface area contributed by atoms with Crippen LogP contribution in [0.1, 0.15) is 12.6 Å². The summed E-state index contributed by atoms with van der Waals surface area (Å²) in [4.78, 5) is 10.5. The lowest BCUT2D eigenvalue weighted by Crippen LogP contribution is -2.15. The molecule has 13 heavy (non-hydrogen) atoms. The van der Waals surface area contributed by atoms with Gasteiger partial charge in [-0.1, -0.05) is 6.92 Å². The van der Waals surface area contributed by atoms with E-state index in [1.54, 1.807) is 12.4 Å². The van der Waals surface area contributed by atoms with Crippen LogP contribution in [0.3, 0.4) is 0 Å². The van der Waals surface area contributed by atoms with E-state index in [9.17, 15) is 0 Å². The molecule has 0 bridgehead atoms. The number of hydrogen-bond acceptors (Lipinski definition) is 4. The molecule has 0 fully saturated rings. The first kappa shape index (κ1) is 9.92. The molecule has 0 radical (unpaired) electrons. The second-order valence-corrected chi connectivity index (χ2v) is 3.04. The third kappa shape index (κ3) is 2.99. The zero-order valence-electron chi connectivity index (χ0n) is 8.41. The maximum atomic E-state index is 4.27. The van der Waals surface area contributed by atoms with Crippen molar-refractivity contribution in [2.45, 2.75) is 13.5 Å². The van der Waals surface area contributed by atoms with Crippen molar-refractivity contribution in [3.8, 4) is 0 Å². The largest absolute Gasteiger partial charge is 0.361 e. The molecule has 0 unspecified atom stereocenters. The molecule has 0 aliphatic heterocycles. The summed E-state index contributed by atoms with van der Waals surface area (Å²) in [5.41, 5.74) is 0.979. The SMILES string of the molecule is CCNCc1cnc(N(C)C)cn1. The topological polar surface area (TPSA) is 41.1 Å². The van der Waals surface area contributed by atoms with E-state index in [1.807, 2.05) is 19.0 Å². The van der Waals surface area contributed by atoms with Gasteiger partial charge in [0, 0.05) is 20.6 Å². The van der Waals surface area contributed by atoms with Gasteiger partial charge in [0.15, 0.2) is 0 Å². The molecule has 0 aliphatic carbocycles.